The SMILES string of the molecule is CS(C)(C)c1ccc(B(O)O)cc1. The molecule has 13 heavy (non-hydrogen) atoms. The predicted molar refractivity (Wildman–Crippen MR) is 59.9 cm³/mol. The molecule has 4 heteroatoms. The zero-order valence-corrected chi connectivity index (χ0v) is 9.01. The Balaban J connectivity index is 2.94. The zero-order valence-electron chi connectivity index (χ0n) is 8.19. The van der Waals surface area contributed by atoms with Crippen LogP contribution in [0.3, 0.4) is 0 Å². The molecule has 2 N–H and O–H groups in total. The van der Waals surface area contributed by atoms with Crippen LogP contribution in [0, 0.1) is 0 Å². The van der Waals surface area contributed by atoms with Gasteiger partial charge in [0, 0.05) is 0 Å². The molecule has 2 nitrogen and oxygen atoms in total. The third-order valence-corrected chi connectivity index (χ3v) is 3.57. The summed E-state index contributed by atoms with van der Waals surface area (Å²) >= 11 is 0. The highest BCUT2D eigenvalue weighted by molar-refractivity contribution is 8.32. The summed E-state index contributed by atoms with van der Waals surface area (Å²) in [6.07, 6.45) is 6.62. The van der Waals surface area contributed by atoms with Crippen molar-refractivity contribution in [3.8, 4) is 0 Å². The Morgan fingerprint density at radius 1 is 1.00 bits per heavy atom. The Morgan fingerprint density at radius 2 is 1.46 bits per heavy atom. The average molecular weight is 198 g/mol. The average Bonchev–Trinajstić information content (AvgIpc) is 2.03. The maximum absolute atomic E-state index is 8.88. The lowest BCUT2D eigenvalue weighted by molar-refractivity contribution is 0.426. The Bertz CT molecular complexity index is 277. The molecular weight excluding hydrogens is 183 g/mol. The van der Waals surface area contributed by atoms with Gasteiger partial charge in [-0.05, 0) is 29.1 Å². The Morgan fingerprint density at radius 3 is 1.77 bits per heavy atom. The molecule has 0 fully saturated rings. The molecule has 0 heterocycles. The molecule has 0 unspecified atom stereocenters. The number of benzene rings is 1. The summed E-state index contributed by atoms with van der Waals surface area (Å²) in [6.45, 7) is 0. The van der Waals surface area contributed by atoms with Crippen molar-refractivity contribution in [2.75, 3.05) is 18.8 Å². The lowest BCUT2D eigenvalue weighted by atomic mass is 9.81. The molecule has 0 amide bonds. The van der Waals surface area contributed by atoms with Gasteiger partial charge in [0.25, 0.3) is 0 Å². The van der Waals surface area contributed by atoms with Crippen LogP contribution in [0.15, 0.2) is 29.2 Å². The molecule has 0 saturated carbocycles. The second-order valence-corrected chi connectivity index (χ2v) is 7.93. The first-order valence-electron chi connectivity index (χ1n) is 4.06. The van der Waals surface area contributed by atoms with E-state index in [2.05, 4.69) is 18.8 Å². The summed E-state index contributed by atoms with van der Waals surface area (Å²) in [5.74, 6) is 0. The highest BCUT2D eigenvalue weighted by atomic mass is 32.3. The van der Waals surface area contributed by atoms with E-state index in [1.165, 1.54) is 4.90 Å². The summed E-state index contributed by atoms with van der Waals surface area (Å²) in [5, 5.41) is 17.8. The molecule has 1 aromatic carbocycles. The van der Waals surface area contributed by atoms with Crippen molar-refractivity contribution in [1.82, 2.24) is 0 Å². The zero-order chi connectivity index (χ0) is 10.1. The Labute approximate surface area is 81.1 Å². The van der Waals surface area contributed by atoms with Gasteiger partial charge in [0.1, 0.15) is 0 Å². The molecule has 0 aliphatic carbocycles. The van der Waals surface area contributed by atoms with Crippen molar-refractivity contribution < 1.29 is 10.0 Å². The minimum Gasteiger partial charge on any atom is -0.423 e. The van der Waals surface area contributed by atoms with Crippen LogP contribution in [-0.4, -0.2) is 35.9 Å². The van der Waals surface area contributed by atoms with Gasteiger partial charge in [0.15, 0.2) is 0 Å². The van der Waals surface area contributed by atoms with Crippen LogP contribution >= 0.6 is 10.0 Å². The van der Waals surface area contributed by atoms with Gasteiger partial charge in [-0.3, -0.25) is 0 Å². The minimum absolute atomic E-state index is 0.549. The van der Waals surface area contributed by atoms with Crippen LogP contribution in [0.25, 0.3) is 0 Å². The predicted octanol–water partition coefficient (Wildman–Crippen LogP) is 0.419. The second kappa shape index (κ2) is 3.74. The summed E-state index contributed by atoms with van der Waals surface area (Å²) < 4.78 is 0. The fourth-order valence-electron chi connectivity index (χ4n) is 1.05. The molecule has 0 spiro atoms. The molecule has 0 radical (unpaired) electrons. The van der Waals surface area contributed by atoms with Gasteiger partial charge in [0.05, 0.1) is 0 Å². The van der Waals surface area contributed by atoms with Gasteiger partial charge in [-0.1, -0.05) is 24.3 Å². The standard InChI is InChI=1S/C9H15BO2S/c1-13(2,3)9-6-4-8(5-7-9)10(11)12/h4-7,11-12H,1-3H3. The molecule has 1 aromatic rings. The van der Waals surface area contributed by atoms with Crippen molar-refractivity contribution in [3.05, 3.63) is 24.3 Å². The maximum Gasteiger partial charge on any atom is 0.488 e. The van der Waals surface area contributed by atoms with Gasteiger partial charge in [-0.25, -0.2) is 10.0 Å². The summed E-state index contributed by atoms with van der Waals surface area (Å²) in [4.78, 5) is 1.27. The third-order valence-electron chi connectivity index (χ3n) is 1.89. The van der Waals surface area contributed by atoms with E-state index in [0.29, 0.717) is 5.46 Å². The maximum atomic E-state index is 8.88. The van der Waals surface area contributed by atoms with E-state index in [1.807, 2.05) is 12.1 Å². The number of hydrogen-bond donors (Lipinski definition) is 2. The molecular formula is C9H15BO2S. The second-order valence-electron chi connectivity index (χ2n) is 3.78. The number of hydrogen-bond acceptors (Lipinski definition) is 2. The van der Waals surface area contributed by atoms with E-state index >= 15 is 0 Å². The van der Waals surface area contributed by atoms with Gasteiger partial charge in [0.2, 0.25) is 0 Å². The molecule has 0 aliphatic rings. The van der Waals surface area contributed by atoms with E-state index in [9.17, 15) is 0 Å². The van der Waals surface area contributed by atoms with Crippen LogP contribution in [0.2, 0.25) is 0 Å². The van der Waals surface area contributed by atoms with Crippen molar-refractivity contribution in [2.45, 2.75) is 4.90 Å². The minimum atomic E-state index is -1.36. The van der Waals surface area contributed by atoms with Crippen LogP contribution in [0.5, 0.6) is 0 Å². The van der Waals surface area contributed by atoms with Crippen LogP contribution in [0.4, 0.5) is 0 Å². The molecule has 1 rings (SSSR count). The first-order chi connectivity index (χ1) is 5.91. The smallest absolute Gasteiger partial charge is 0.423 e. The molecule has 0 aliphatic heterocycles. The van der Waals surface area contributed by atoms with Crippen LogP contribution < -0.4 is 5.46 Å². The van der Waals surface area contributed by atoms with Crippen molar-refractivity contribution in [2.24, 2.45) is 0 Å². The molecule has 0 saturated heterocycles. The van der Waals surface area contributed by atoms with E-state index in [4.69, 9.17) is 10.0 Å². The summed E-state index contributed by atoms with van der Waals surface area (Å²) in [5.41, 5.74) is 0.549. The summed E-state index contributed by atoms with van der Waals surface area (Å²) in [6, 6.07) is 7.45. The quantitative estimate of drug-likeness (QED) is 0.676. The molecule has 0 bridgehead atoms. The van der Waals surface area contributed by atoms with Crippen molar-refractivity contribution in [3.63, 3.8) is 0 Å². The highest BCUT2D eigenvalue weighted by Crippen LogP contribution is 2.44. The highest BCUT2D eigenvalue weighted by Gasteiger charge is 2.12. The fraction of sp³-hybridized carbons (Fsp3) is 0.333. The topological polar surface area (TPSA) is 40.5 Å². The van der Waals surface area contributed by atoms with Crippen LogP contribution in [-0.2, 0) is 0 Å². The van der Waals surface area contributed by atoms with Gasteiger partial charge in [-0.2, -0.15) is 0 Å². The number of rotatable bonds is 2. The monoisotopic (exact) mass is 198 g/mol. The Kier molecular flexibility index (Phi) is 3.06. The van der Waals surface area contributed by atoms with Crippen molar-refractivity contribution in [1.29, 1.82) is 0 Å². The molecule has 0 aromatic heterocycles. The van der Waals surface area contributed by atoms with E-state index < -0.39 is 17.1 Å². The molecule has 72 valence electrons. The van der Waals surface area contributed by atoms with E-state index in [0.717, 1.165) is 0 Å². The normalized spacial score (nSPS) is 12.7. The van der Waals surface area contributed by atoms with E-state index in [-0.39, 0.29) is 0 Å². The fourth-order valence-corrected chi connectivity index (χ4v) is 2.00. The van der Waals surface area contributed by atoms with Gasteiger partial charge >= 0.3 is 7.12 Å². The van der Waals surface area contributed by atoms with Crippen molar-refractivity contribution >= 4 is 22.6 Å². The molecule has 0 atom stereocenters. The van der Waals surface area contributed by atoms with E-state index in [1.54, 1.807) is 12.1 Å². The van der Waals surface area contributed by atoms with Gasteiger partial charge < -0.3 is 10.0 Å². The Hall–Kier alpha value is -0.445. The largest absolute Gasteiger partial charge is 0.488 e. The van der Waals surface area contributed by atoms with Gasteiger partial charge in [-0.15, -0.1) is 0 Å². The lowest BCUT2D eigenvalue weighted by Crippen LogP contribution is -2.29. The first kappa shape index (κ1) is 10.6. The lowest BCUT2D eigenvalue weighted by Gasteiger charge is -2.25. The first-order valence-corrected chi connectivity index (χ1v) is 6.91. The summed E-state index contributed by atoms with van der Waals surface area (Å²) in [7, 11) is -2.07. The van der Waals surface area contributed by atoms with Crippen LogP contribution in [0.1, 0.15) is 0 Å². The third kappa shape index (κ3) is 2.76.